The second-order valence-electron chi connectivity index (χ2n) is 5.06. The van der Waals surface area contributed by atoms with Crippen LogP contribution in [0.3, 0.4) is 0 Å². The van der Waals surface area contributed by atoms with E-state index in [2.05, 4.69) is 35.8 Å². The molecule has 0 spiro atoms. The monoisotopic (exact) mass is 260 g/mol. The highest BCUT2D eigenvalue weighted by Gasteiger charge is 2.19. The molecule has 3 N–H and O–H groups in total. The first-order valence-electron chi connectivity index (χ1n) is 5.90. The van der Waals surface area contributed by atoms with Crippen LogP contribution in [0, 0.1) is 11.5 Å². The summed E-state index contributed by atoms with van der Waals surface area (Å²) in [7, 11) is -1.24. The molecule has 17 heavy (non-hydrogen) atoms. The molecule has 100 valence electrons. The molecule has 4 nitrogen and oxygen atoms in total. The number of ether oxygens (including phenoxy) is 1. The number of hydrogen-bond donors (Lipinski definition) is 3. The average Bonchev–Trinajstić information content (AvgIpc) is 3.07. The van der Waals surface area contributed by atoms with Crippen LogP contribution in [0.25, 0.3) is 0 Å². The van der Waals surface area contributed by atoms with Crippen molar-refractivity contribution in [1.82, 2.24) is 0 Å². The minimum atomic E-state index is -1.24. The fourth-order valence-corrected chi connectivity index (χ4v) is 1.49. The van der Waals surface area contributed by atoms with Gasteiger partial charge in [0.2, 0.25) is 0 Å². The zero-order valence-electron chi connectivity index (χ0n) is 10.9. The fourth-order valence-electron chi connectivity index (χ4n) is 0.831. The number of epoxide rings is 1. The summed E-state index contributed by atoms with van der Waals surface area (Å²) in [6, 6.07) is 0. The largest absolute Gasteiger partial charge is 0.394 e. The summed E-state index contributed by atoms with van der Waals surface area (Å²) in [6.07, 6.45) is 0.857. The van der Waals surface area contributed by atoms with Crippen LogP contribution in [0.5, 0.6) is 0 Å². The predicted octanol–water partition coefficient (Wildman–Crippen LogP) is 0.378. The van der Waals surface area contributed by atoms with Gasteiger partial charge in [0, 0.05) is 6.42 Å². The highest BCUT2D eigenvalue weighted by Crippen LogP contribution is 2.05. The van der Waals surface area contributed by atoms with Crippen LogP contribution >= 0.6 is 0 Å². The van der Waals surface area contributed by atoms with Gasteiger partial charge in [0.1, 0.15) is 14.2 Å². The Morgan fingerprint density at radius 1 is 1.35 bits per heavy atom. The third-order valence-corrected chi connectivity index (χ3v) is 2.81. The molecule has 0 radical (unpaired) electrons. The molecule has 2 atom stereocenters. The summed E-state index contributed by atoms with van der Waals surface area (Å²) in [5, 5.41) is 25.6. The van der Waals surface area contributed by atoms with Gasteiger partial charge in [0.05, 0.1) is 25.9 Å². The highest BCUT2D eigenvalue weighted by atomic mass is 28.3. The molecule has 1 saturated heterocycles. The summed E-state index contributed by atoms with van der Waals surface area (Å²) in [5.41, 5.74) is 3.20. The Bertz CT molecular complexity index is 247. The lowest BCUT2D eigenvalue weighted by atomic mass is 10.2. The summed E-state index contributed by atoms with van der Waals surface area (Å²) >= 11 is 0. The van der Waals surface area contributed by atoms with Gasteiger partial charge in [-0.3, -0.25) is 0 Å². The van der Waals surface area contributed by atoms with E-state index in [9.17, 15) is 0 Å². The van der Waals surface area contributed by atoms with E-state index in [1.54, 1.807) is 0 Å². The van der Waals surface area contributed by atoms with E-state index >= 15 is 0 Å². The van der Waals surface area contributed by atoms with Crippen LogP contribution in [-0.2, 0) is 4.74 Å². The van der Waals surface area contributed by atoms with Crippen molar-refractivity contribution < 1.29 is 20.1 Å². The SMILES string of the molecule is C[Si](C)(C)C#CCC[C@@H](O)CO.OC[C@H]1CO1. The zero-order chi connectivity index (χ0) is 13.3. The van der Waals surface area contributed by atoms with Crippen LogP contribution in [0.2, 0.25) is 19.6 Å². The van der Waals surface area contributed by atoms with E-state index < -0.39 is 14.2 Å². The summed E-state index contributed by atoms with van der Waals surface area (Å²) in [4.78, 5) is 0. The lowest BCUT2D eigenvalue weighted by Gasteiger charge is -2.04. The Morgan fingerprint density at radius 3 is 2.24 bits per heavy atom. The third kappa shape index (κ3) is 13.6. The van der Waals surface area contributed by atoms with Gasteiger partial charge in [-0.2, -0.15) is 0 Å². The molecule has 1 aliphatic rings. The van der Waals surface area contributed by atoms with Gasteiger partial charge in [0.15, 0.2) is 0 Å². The fraction of sp³-hybridized carbons (Fsp3) is 0.833. The molecule has 0 amide bonds. The minimum Gasteiger partial charge on any atom is -0.394 e. The number of rotatable bonds is 4. The van der Waals surface area contributed by atoms with E-state index in [0.717, 1.165) is 6.61 Å². The molecule has 0 bridgehead atoms. The maximum Gasteiger partial charge on any atom is 0.129 e. The Morgan fingerprint density at radius 2 is 1.94 bits per heavy atom. The standard InChI is InChI=1S/C9H18O2Si.C3H6O2/c1-12(2,3)7-5-4-6-9(11)8-10;4-1-3-2-5-3/h9-11H,4,6,8H2,1-3H3;3-4H,1-2H2/t9-;3-/m10/s1. The Hall–Kier alpha value is -0.383. The van der Waals surface area contributed by atoms with Crippen molar-refractivity contribution in [2.75, 3.05) is 19.8 Å². The molecule has 1 aliphatic heterocycles. The van der Waals surface area contributed by atoms with Gasteiger partial charge in [-0.25, -0.2) is 0 Å². The molecule has 5 heteroatoms. The highest BCUT2D eigenvalue weighted by molar-refractivity contribution is 6.83. The molecule has 0 aliphatic carbocycles. The number of hydrogen-bond acceptors (Lipinski definition) is 4. The van der Waals surface area contributed by atoms with Crippen molar-refractivity contribution in [2.24, 2.45) is 0 Å². The zero-order valence-corrected chi connectivity index (χ0v) is 11.9. The summed E-state index contributed by atoms with van der Waals surface area (Å²) in [6.45, 7) is 7.35. The predicted molar refractivity (Wildman–Crippen MR) is 70.3 cm³/mol. The molecular formula is C12H24O4Si. The van der Waals surface area contributed by atoms with Gasteiger partial charge in [-0.15, -0.1) is 11.5 Å². The Kier molecular flexibility index (Phi) is 8.48. The molecule has 1 rings (SSSR count). The van der Waals surface area contributed by atoms with Crippen molar-refractivity contribution in [1.29, 1.82) is 0 Å². The van der Waals surface area contributed by atoms with E-state index in [0.29, 0.717) is 12.8 Å². The third-order valence-electron chi connectivity index (χ3n) is 1.88. The first-order chi connectivity index (χ1) is 7.89. The molecular weight excluding hydrogens is 236 g/mol. The van der Waals surface area contributed by atoms with E-state index in [1.165, 1.54) is 0 Å². The van der Waals surface area contributed by atoms with Gasteiger partial charge in [-0.1, -0.05) is 19.6 Å². The van der Waals surface area contributed by atoms with Crippen LogP contribution in [0.4, 0.5) is 0 Å². The maximum atomic E-state index is 8.98. The first kappa shape index (κ1) is 16.6. The van der Waals surface area contributed by atoms with E-state index in [1.807, 2.05) is 0 Å². The van der Waals surface area contributed by atoms with Crippen molar-refractivity contribution >= 4 is 8.07 Å². The summed E-state index contributed by atoms with van der Waals surface area (Å²) < 4.78 is 4.61. The van der Waals surface area contributed by atoms with E-state index in [-0.39, 0.29) is 19.3 Å². The summed E-state index contributed by atoms with van der Waals surface area (Å²) in [5.74, 6) is 3.03. The molecule has 0 unspecified atom stereocenters. The van der Waals surface area contributed by atoms with Gasteiger partial charge in [0.25, 0.3) is 0 Å². The van der Waals surface area contributed by atoms with Gasteiger partial charge >= 0.3 is 0 Å². The van der Waals surface area contributed by atoms with Crippen molar-refractivity contribution in [3.63, 3.8) is 0 Å². The Balaban J connectivity index is 0.000000419. The normalized spacial score (nSPS) is 19.5. The van der Waals surface area contributed by atoms with Crippen LogP contribution < -0.4 is 0 Å². The molecule has 0 saturated carbocycles. The number of aliphatic hydroxyl groups excluding tert-OH is 3. The van der Waals surface area contributed by atoms with Crippen molar-refractivity contribution in [3.05, 3.63) is 0 Å². The lowest BCUT2D eigenvalue weighted by molar-refractivity contribution is 0.0896. The molecule has 0 aromatic heterocycles. The van der Waals surface area contributed by atoms with Gasteiger partial charge < -0.3 is 20.1 Å². The molecule has 0 aromatic rings. The second kappa shape index (κ2) is 8.67. The van der Waals surface area contributed by atoms with Crippen LogP contribution in [-0.4, -0.2) is 55.4 Å². The number of aliphatic hydroxyl groups is 3. The van der Waals surface area contributed by atoms with Crippen LogP contribution in [0.15, 0.2) is 0 Å². The van der Waals surface area contributed by atoms with Crippen molar-refractivity contribution in [2.45, 2.75) is 44.7 Å². The average molecular weight is 260 g/mol. The lowest BCUT2D eigenvalue weighted by Crippen LogP contribution is -2.16. The Labute approximate surface area is 105 Å². The van der Waals surface area contributed by atoms with Gasteiger partial charge in [-0.05, 0) is 6.42 Å². The molecule has 0 aromatic carbocycles. The minimum absolute atomic E-state index is 0.158. The molecule has 1 fully saturated rings. The first-order valence-corrected chi connectivity index (χ1v) is 9.40. The van der Waals surface area contributed by atoms with Crippen LogP contribution in [0.1, 0.15) is 12.8 Å². The van der Waals surface area contributed by atoms with Crippen molar-refractivity contribution in [3.8, 4) is 11.5 Å². The maximum absolute atomic E-state index is 8.98. The smallest absolute Gasteiger partial charge is 0.129 e. The topological polar surface area (TPSA) is 73.2 Å². The second-order valence-corrected chi connectivity index (χ2v) is 9.81. The van der Waals surface area contributed by atoms with E-state index in [4.69, 9.17) is 15.3 Å². The quantitative estimate of drug-likeness (QED) is 0.388. The molecule has 1 heterocycles.